The minimum atomic E-state index is -0.546. The lowest BCUT2D eigenvalue weighted by Crippen LogP contribution is -2.13. The predicted octanol–water partition coefficient (Wildman–Crippen LogP) is 4.38. The third kappa shape index (κ3) is 3.35. The van der Waals surface area contributed by atoms with Gasteiger partial charge in [-0.1, -0.05) is 60.7 Å². The van der Waals surface area contributed by atoms with Gasteiger partial charge in [-0.25, -0.2) is 4.79 Å². The quantitative estimate of drug-likeness (QED) is 0.508. The molecule has 0 aliphatic heterocycles. The summed E-state index contributed by atoms with van der Waals surface area (Å²) < 4.78 is 10.1. The summed E-state index contributed by atoms with van der Waals surface area (Å²) in [6.45, 7) is 0. The second-order valence-corrected chi connectivity index (χ2v) is 5.64. The molecule has 0 aromatic heterocycles. The average Bonchev–Trinajstić information content (AvgIpc) is 2.72. The van der Waals surface area contributed by atoms with E-state index in [-0.39, 0.29) is 11.3 Å². The molecule has 0 radical (unpaired) electrons. The number of benzene rings is 3. The van der Waals surface area contributed by atoms with Crippen molar-refractivity contribution in [3.05, 3.63) is 89.5 Å². The molecule has 0 fully saturated rings. The van der Waals surface area contributed by atoms with Crippen LogP contribution in [0.4, 0.5) is 0 Å². The Balaban J connectivity index is 2.16. The minimum absolute atomic E-state index is 0.221. The first-order valence-electron chi connectivity index (χ1n) is 8.11. The maximum Gasteiger partial charge on any atom is 0.339 e. The average molecular weight is 346 g/mol. The molecule has 0 saturated heterocycles. The van der Waals surface area contributed by atoms with E-state index in [9.17, 15) is 9.59 Å². The summed E-state index contributed by atoms with van der Waals surface area (Å²) in [5.41, 5.74) is 2.53. The zero-order chi connectivity index (χ0) is 18.5. The number of hydrogen-bond acceptors (Lipinski definition) is 4. The molecule has 4 heteroatoms. The van der Waals surface area contributed by atoms with E-state index < -0.39 is 5.97 Å². The summed E-state index contributed by atoms with van der Waals surface area (Å²) in [5, 5.41) is 0. The first-order chi connectivity index (χ1) is 12.7. The standard InChI is InChI=1S/C22H18O4/c1-25-17-13-11-15(12-14-17)18-9-6-10-19(20(18)22(24)26-2)21(23)16-7-4-3-5-8-16/h3-14H,1-2H3. The van der Waals surface area contributed by atoms with E-state index in [0.717, 1.165) is 5.56 Å². The molecule has 0 heterocycles. The van der Waals surface area contributed by atoms with E-state index in [1.807, 2.05) is 30.3 Å². The van der Waals surface area contributed by atoms with Crippen LogP contribution in [0.5, 0.6) is 5.75 Å². The van der Waals surface area contributed by atoms with Gasteiger partial charge in [-0.05, 0) is 23.3 Å². The van der Waals surface area contributed by atoms with Crippen molar-refractivity contribution in [2.45, 2.75) is 0 Å². The van der Waals surface area contributed by atoms with Crippen LogP contribution in [0.25, 0.3) is 11.1 Å². The van der Waals surface area contributed by atoms with Crippen LogP contribution in [-0.4, -0.2) is 26.0 Å². The first kappa shape index (κ1) is 17.4. The van der Waals surface area contributed by atoms with E-state index in [4.69, 9.17) is 9.47 Å². The van der Waals surface area contributed by atoms with Crippen LogP contribution in [-0.2, 0) is 4.74 Å². The Morgan fingerprint density at radius 3 is 2.08 bits per heavy atom. The fraction of sp³-hybridized carbons (Fsp3) is 0.0909. The number of carbonyl (C=O) groups is 2. The van der Waals surface area contributed by atoms with Crippen molar-refractivity contribution in [1.82, 2.24) is 0 Å². The van der Waals surface area contributed by atoms with Gasteiger partial charge in [0.15, 0.2) is 5.78 Å². The molecule has 26 heavy (non-hydrogen) atoms. The Labute approximate surface area is 152 Å². The van der Waals surface area contributed by atoms with E-state index in [0.29, 0.717) is 22.4 Å². The predicted molar refractivity (Wildman–Crippen MR) is 99.6 cm³/mol. The molecule has 0 spiro atoms. The normalized spacial score (nSPS) is 10.2. The molecular weight excluding hydrogens is 328 g/mol. The molecule has 4 nitrogen and oxygen atoms in total. The van der Waals surface area contributed by atoms with Gasteiger partial charge in [0, 0.05) is 11.1 Å². The zero-order valence-corrected chi connectivity index (χ0v) is 14.6. The van der Waals surface area contributed by atoms with Crippen molar-refractivity contribution in [2.24, 2.45) is 0 Å². The first-order valence-corrected chi connectivity index (χ1v) is 8.11. The van der Waals surface area contributed by atoms with Gasteiger partial charge in [-0.2, -0.15) is 0 Å². The minimum Gasteiger partial charge on any atom is -0.497 e. The smallest absolute Gasteiger partial charge is 0.339 e. The molecule has 0 bridgehead atoms. The lowest BCUT2D eigenvalue weighted by Gasteiger charge is -2.13. The van der Waals surface area contributed by atoms with Crippen molar-refractivity contribution in [3.8, 4) is 16.9 Å². The molecule has 0 unspecified atom stereocenters. The summed E-state index contributed by atoms with van der Waals surface area (Å²) in [4.78, 5) is 25.4. The van der Waals surface area contributed by atoms with Gasteiger partial charge in [0.2, 0.25) is 0 Å². The van der Waals surface area contributed by atoms with Crippen LogP contribution in [0.3, 0.4) is 0 Å². The number of esters is 1. The van der Waals surface area contributed by atoms with Gasteiger partial charge < -0.3 is 9.47 Å². The SMILES string of the molecule is COC(=O)c1c(C(=O)c2ccccc2)cccc1-c1ccc(OC)cc1. The van der Waals surface area contributed by atoms with Crippen LogP contribution < -0.4 is 4.74 Å². The highest BCUT2D eigenvalue weighted by Crippen LogP contribution is 2.30. The number of ether oxygens (including phenoxy) is 2. The molecule has 0 N–H and O–H groups in total. The molecule has 0 amide bonds. The van der Waals surface area contributed by atoms with E-state index >= 15 is 0 Å². The molecule has 0 aliphatic rings. The Morgan fingerprint density at radius 2 is 1.46 bits per heavy atom. The maximum absolute atomic E-state index is 12.9. The molecule has 3 aromatic carbocycles. The number of methoxy groups -OCH3 is 2. The Morgan fingerprint density at radius 1 is 0.769 bits per heavy atom. The van der Waals surface area contributed by atoms with Gasteiger partial charge in [0.05, 0.1) is 19.8 Å². The van der Waals surface area contributed by atoms with Crippen LogP contribution in [0, 0.1) is 0 Å². The fourth-order valence-electron chi connectivity index (χ4n) is 2.82. The maximum atomic E-state index is 12.9. The van der Waals surface area contributed by atoms with Crippen molar-refractivity contribution in [2.75, 3.05) is 14.2 Å². The Bertz CT molecular complexity index is 928. The number of rotatable bonds is 5. The van der Waals surface area contributed by atoms with E-state index in [1.54, 1.807) is 49.6 Å². The van der Waals surface area contributed by atoms with Gasteiger partial charge in [-0.15, -0.1) is 0 Å². The number of hydrogen-bond donors (Lipinski definition) is 0. The summed E-state index contributed by atoms with van der Waals surface area (Å²) in [7, 11) is 2.90. The molecule has 0 atom stereocenters. The highest BCUT2D eigenvalue weighted by Gasteiger charge is 2.23. The highest BCUT2D eigenvalue weighted by molar-refractivity contribution is 6.16. The van der Waals surface area contributed by atoms with Crippen molar-refractivity contribution < 1.29 is 19.1 Å². The summed E-state index contributed by atoms with van der Waals surface area (Å²) >= 11 is 0. The van der Waals surface area contributed by atoms with E-state index in [1.165, 1.54) is 7.11 Å². The van der Waals surface area contributed by atoms with Gasteiger partial charge in [-0.3, -0.25) is 4.79 Å². The van der Waals surface area contributed by atoms with Crippen LogP contribution in [0.15, 0.2) is 72.8 Å². The van der Waals surface area contributed by atoms with Crippen LogP contribution in [0.1, 0.15) is 26.3 Å². The molecular formula is C22H18O4. The third-order valence-corrected chi connectivity index (χ3v) is 4.14. The van der Waals surface area contributed by atoms with Gasteiger partial charge in [0.25, 0.3) is 0 Å². The van der Waals surface area contributed by atoms with Crippen molar-refractivity contribution >= 4 is 11.8 Å². The molecule has 3 aromatic rings. The topological polar surface area (TPSA) is 52.6 Å². The van der Waals surface area contributed by atoms with Gasteiger partial charge >= 0.3 is 5.97 Å². The largest absolute Gasteiger partial charge is 0.497 e. The lowest BCUT2D eigenvalue weighted by atomic mass is 9.91. The molecule has 3 rings (SSSR count). The molecule has 130 valence electrons. The zero-order valence-electron chi connectivity index (χ0n) is 14.6. The number of carbonyl (C=O) groups excluding carboxylic acids is 2. The van der Waals surface area contributed by atoms with Crippen LogP contribution >= 0.6 is 0 Å². The Hall–Kier alpha value is -3.40. The Kier molecular flexibility index (Phi) is 5.13. The van der Waals surface area contributed by atoms with Crippen molar-refractivity contribution in [3.63, 3.8) is 0 Å². The fourth-order valence-corrected chi connectivity index (χ4v) is 2.82. The second kappa shape index (κ2) is 7.66. The monoisotopic (exact) mass is 346 g/mol. The van der Waals surface area contributed by atoms with E-state index in [2.05, 4.69) is 0 Å². The lowest BCUT2D eigenvalue weighted by molar-refractivity contribution is 0.0598. The summed E-state index contributed by atoms with van der Waals surface area (Å²) in [5.74, 6) is -0.0538. The highest BCUT2D eigenvalue weighted by atomic mass is 16.5. The second-order valence-electron chi connectivity index (χ2n) is 5.64. The summed E-state index contributed by atoms with van der Waals surface area (Å²) in [6, 6.07) is 21.4. The molecule has 0 aliphatic carbocycles. The van der Waals surface area contributed by atoms with Gasteiger partial charge in [0.1, 0.15) is 5.75 Å². The number of ketones is 1. The summed E-state index contributed by atoms with van der Waals surface area (Å²) in [6.07, 6.45) is 0. The van der Waals surface area contributed by atoms with Crippen LogP contribution in [0.2, 0.25) is 0 Å². The van der Waals surface area contributed by atoms with Crippen molar-refractivity contribution in [1.29, 1.82) is 0 Å². The molecule has 0 saturated carbocycles. The third-order valence-electron chi connectivity index (χ3n) is 4.14.